The zero-order chi connectivity index (χ0) is 12.5. The van der Waals surface area contributed by atoms with Crippen molar-refractivity contribution in [3.8, 4) is 0 Å². The van der Waals surface area contributed by atoms with Crippen molar-refractivity contribution in [1.82, 2.24) is 15.2 Å². The Hall–Kier alpha value is -1.41. The number of nitrogens with zero attached hydrogens (tertiary/aromatic N) is 2. The van der Waals surface area contributed by atoms with Crippen LogP contribution in [0.15, 0.2) is 33.9 Å². The van der Waals surface area contributed by atoms with Crippen LogP contribution in [0.25, 0.3) is 0 Å². The monoisotopic (exact) mass is 316 g/mol. The van der Waals surface area contributed by atoms with Gasteiger partial charge >= 0.3 is 0 Å². The van der Waals surface area contributed by atoms with Crippen molar-refractivity contribution >= 4 is 31.8 Å². The highest BCUT2D eigenvalue weighted by Crippen LogP contribution is 2.18. The Morgan fingerprint density at radius 1 is 1.41 bits per heavy atom. The summed E-state index contributed by atoms with van der Waals surface area (Å²) in [4.78, 5) is 4.17. The zero-order valence-corrected chi connectivity index (χ0v) is 11.2. The molecule has 0 amide bonds. The molecule has 0 bridgehead atoms. The highest BCUT2D eigenvalue weighted by atomic mass is 79.9. The van der Waals surface area contributed by atoms with Gasteiger partial charge < -0.3 is 0 Å². The van der Waals surface area contributed by atoms with Gasteiger partial charge in [-0.15, -0.1) is 0 Å². The Morgan fingerprint density at radius 2 is 2.18 bits per heavy atom. The minimum absolute atomic E-state index is 0.0693. The number of pyridine rings is 1. The van der Waals surface area contributed by atoms with Crippen LogP contribution in [-0.2, 0) is 10.0 Å². The van der Waals surface area contributed by atoms with E-state index < -0.39 is 10.0 Å². The van der Waals surface area contributed by atoms with Gasteiger partial charge in [-0.05, 0) is 35.0 Å². The largest absolute Gasteiger partial charge is 0.284 e. The molecule has 2 heterocycles. The molecule has 0 spiro atoms. The lowest BCUT2D eigenvalue weighted by molar-refractivity contribution is 0.601. The molecular formula is C9H9BrN4O2S. The van der Waals surface area contributed by atoms with Gasteiger partial charge in [-0.3, -0.25) is 9.82 Å². The van der Waals surface area contributed by atoms with E-state index >= 15 is 0 Å². The number of H-pyrrole nitrogens is 1. The molecule has 0 aromatic carbocycles. The van der Waals surface area contributed by atoms with E-state index in [1.807, 2.05) is 0 Å². The quantitative estimate of drug-likeness (QED) is 0.901. The summed E-state index contributed by atoms with van der Waals surface area (Å²) in [6.45, 7) is 1.78. The number of aromatic nitrogens is 3. The summed E-state index contributed by atoms with van der Waals surface area (Å²) >= 11 is 3.29. The van der Waals surface area contributed by atoms with Gasteiger partial charge in [0.2, 0.25) is 0 Å². The van der Waals surface area contributed by atoms with Crippen molar-refractivity contribution in [2.45, 2.75) is 11.8 Å². The van der Waals surface area contributed by atoms with Crippen LogP contribution < -0.4 is 4.72 Å². The van der Waals surface area contributed by atoms with Gasteiger partial charge in [-0.25, -0.2) is 13.4 Å². The molecule has 0 fully saturated rings. The lowest BCUT2D eigenvalue weighted by Crippen LogP contribution is -2.13. The number of hydrogen-bond donors (Lipinski definition) is 2. The summed E-state index contributed by atoms with van der Waals surface area (Å²) < 4.78 is 26.9. The van der Waals surface area contributed by atoms with E-state index in [0.29, 0.717) is 5.69 Å². The highest BCUT2D eigenvalue weighted by molar-refractivity contribution is 9.10. The van der Waals surface area contributed by atoms with E-state index in [1.165, 1.54) is 12.4 Å². The molecule has 0 aliphatic carbocycles. The highest BCUT2D eigenvalue weighted by Gasteiger charge is 2.15. The number of nitrogens with one attached hydrogen (secondary N) is 2. The van der Waals surface area contributed by atoms with Crippen molar-refractivity contribution in [3.05, 3.63) is 34.7 Å². The van der Waals surface area contributed by atoms with Gasteiger partial charge in [-0.2, -0.15) is 5.10 Å². The predicted molar refractivity (Wildman–Crippen MR) is 66.1 cm³/mol. The van der Waals surface area contributed by atoms with Crippen LogP contribution >= 0.6 is 15.9 Å². The first kappa shape index (κ1) is 12.1. The molecule has 0 atom stereocenters. The average Bonchev–Trinajstić information content (AvgIpc) is 2.77. The average molecular weight is 317 g/mol. The van der Waals surface area contributed by atoms with Gasteiger partial charge in [0, 0.05) is 10.7 Å². The Morgan fingerprint density at radius 3 is 2.76 bits per heavy atom. The maximum atomic E-state index is 11.8. The first-order valence-electron chi connectivity index (χ1n) is 4.64. The molecule has 8 heteroatoms. The predicted octanol–water partition coefficient (Wildman–Crippen LogP) is 1.68. The number of hydrogen-bond acceptors (Lipinski definition) is 4. The van der Waals surface area contributed by atoms with Gasteiger partial charge in [0.05, 0.1) is 11.9 Å². The number of anilines is 1. The summed E-state index contributed by atoms with van der Waals surface area (Å²) in [6, 6.07) is 3.31. The Bertz CT molecular complexity index is 624. The topological polar surface area (TPSA) is 87.7 Å². The van der Waals surface area contributed by atoms with Crippen molar-refractivity contribution in [1.29, 1.82) is 0 Å². The lowest BCUT2D eigenvalue weighted by atomic mass is 10.4. The van der Waals surface area contributed by atoms with Crippen molar-refractivity contribution in [3.63, 3.8) is 0 Å². The van der Waals surface area contributed by atoms with Crippen molar-refractivity contribution < 1.29 is 8.42 Å². The molecule has 0 saturated heterocycles. The van der Waals surface area contributed by atoms with E-state index in [2.05, 4.69) is 35.8 Å². The molecule has 0 unspecified atom stereocenters. The fourth-order valence-electron chi connectivity index (χ4n) is 1.18. The van der Waals surface area contributed by atoms with Gasteiger partial charge in [-0.1, -0.05) is 0 Å². The third-order valence-corrected chi connectivity index (χ3v) is 4.20. The Balaban J connectivity index is 2.30. The summed E-state index contributed by atoms with van der Waals surface area (Å²) in [6.07, 6.45) is 2.53. The Labute approximate surface area is 107 Å². The van der Waals surface area contributed by atoms with Crippen LogP contribution in [0.1, 0.15) is 5.69 Å². The Kier molecular flexibility index (Phi) is 3.16. The summed E-state index contributed by atoms with van der Waals surface area (Å²) in [5.74, 6) is 0.270. The molecule has 2 N–H and O–H groups in total. The molecule has 0 aliphatic rings. The molecule has 6 nitrogen and oxygen atoms in total. The summed E-state index contributed by atoms with van der Waals surface area (Å²) in [7, 11) is -3.62. The van der Waals surface area contributed by atoms with Crippen LogP contribution in [0.4, 0.5) is 5.82 Å². The van der Waals surface area contributed by atoms with Gasteiger partial charge in [0.25, 0.3) is 10.0 Å². The van der Waals surface area contributed by atoms with E-state index in [9.17, 15) is 8.42 Å². The molecular weight excluding hydrogens is 308 g/mol. The van der Waals surface area contributed by atoms with Crippen LogP contribution in [-0.4, -0.2) is 23.6 Å². The fraction of sp³-hybridized carbons (Fsp3) is 0.111. The second kappa shape index (κ2) is 4.46. The smallest absolute Gasteiger partial charge is 0.266 e. The third-order valence-electron chi connectivity index (χ3n) is 2.04. The first-order valence-corrected chi connectivity index (χ1v) is 6.91. The lowest BCUT2D eigenvalue weighted by Gasteiger charge is -2.06. The van der Waals surface area contributed by atoms with E-state index in [4.69, 9.17) is 0 Å². The number of halogens is 1. The van der Waals surface area contributed by atoms with Gasteiger partial charge in [0.1, 0.15) is 10.7 Å². The number of rotatable bonds is 3. The van der Waals surface area contributed by atoms with E-state index in [1.54, 1.807) is 19.1 Å². The minimum Gasteiger partial charge on any atom is -0.284 e. The van der Waals surface area contributed by atoms with Crippen LogP contribution in [0.3, 0.4) is 0 Å². The maximum absolute atomic E-state index is 11.8. The zero-order valence-electron chi connectivity index (χ0n) is 8.81. The summed E-state index contributed by atoms with van der Waals surface area (Å²) in [5, 5.41) is 6.03. The van der Waals surface area contributed by atoms with E-state index in [-0.39, 0.29) is 10.7 Å². The van der Waals surface area contributed by atoms with Crippen LogP contribution in [0.2, 0.25) is 0 Å². The molecule has 17 heavy (non-hydrogen) atoms. The summed E-state index contributed by atoms with van der Waals surface area (Å²) in [5.41, 5.74) is 0.706. The SMILES string of the molecule is Cc1nc(NS(=O)(=O)c2cn[nH]c2)ccc1Br. The van der Waals surface area contributed by atoms with Crippen molar-refractivity contribution in [2.75, 3.05) is 4.72 Å². The molecule has 2 aromatic rings. The molecule has 0 radical (unpaired) electrons. The second-order valence-corrected chi connectivity index (χ2v) is 5.84. The van der Waals surface area contributed by atoms with Crippen LogP contribution in [0.5, 0.6) is 0 Å². The fourth-order valence-corrected chi connectivity index (χ4v) is 2.31. The second-order valence-electron chi connectivity index (χ2n) is 3.30. The molecule has 0 saturated carbocycles. The first-order chi connectivity index (χ1) is 7.99. The molecule has 2 aromatic heterocycles. The standard InChI is InChI=1S/C9H9BrN4O2S/c1-6-8(10)2-3-9(13-6)14-17(15,16)7-4-11-12-5-7/h2-5H,1H3,(H,11,12)(H,13,14). The number of sulfonamides is 1. The maximum Gasteiger partial charge on any atom is 0.266 e. The normalized spacial score (nSPS) is 11.4. The van der Waals surface area contributed by atoms with Gasteiger partial charge in [0.15, 0.2) is 0 Å². The molecule has 2 rings (SSSR count). The molecule has 90 valence electrons. The number of aryl methyl sites for hydroxylation is 1. The third kappa shape index (κ3) is 2.64. The minimum atomic E-state index is -3.62. The number of aromatic amines is 1. The van der Waals surface area contributed by atoms with Crippen molar-refractivity contribution in [2.24, 2.45) is 0 Å². The van der Waals surface area contributed by atoms with Crippen LogP contribution in [0, 0.1) is 6.92 Å². The molecule has 0 aliphatic heterocycles. The van der Waals surface area contributed by atoms with E-state index in [0.717, 1.165) is 4.47 Å².